The van der Waals surface area contributed by atoms with E-state index in [0.29, 0.717) is 11.6 Å². The average molecular weight is 1480 g/mol. The number of pyridine rings is 6. The van der Waals surface area contributed by atoms with Crippen LogP contribution in [0.25, 0.3) is 202 Å². The number of rotatable bonds is 16. The second-order valence-electron chi connectivity index (χ2n) is 28.3. The largest absolute Gasteiger partial charge is 0.255 e. The number of aromatic nitrogens is 10. The molecule has 0 atom stereocenters. The van der Waals surface area contributed by atoms with E-state index >= 15 is 0 Å². The summed E-state index contributed by atoms with van der Waals surface area (Å²) in [6.45, 7) is 0. The van der Waals surface area contributed by atoms with Crippen molar-refractivity contribution in [1.82, 2.24) is 49.8 Å². The highest BCUT2D eigenvalue weighted by Crippen LogP contribution is 2.39. The molecule has 0 amide bonds. The van der Waals surface area contributed by atoms with Crippen molar-refractivity contribution in [2.75, 3.05) is 0 Å². The van der Waals surface area contributed by atoms with E-state index in [1.54, 1.807) is 12.4 Å². The Labute approximate surface area is 672 Å². The van der Waals surface area contributed by atoms with Gasteiger partial charge in [0, 0.05) is 69.3 Å². The summed E-state index contributed by atoms with van der Waals surface area (Å²) in [6.07, 6.45) is 7.47. The molecule has 8 aromatic heterocycles. The molecule has 0 bridgehead atoms. The third-order valence-electron chi connectivity index (χ3n) is 20.9. The molecular weight excluding hydrogens is 1410 g/mol. The lowest BCUT2D eigenvalue weighted by atomic mass is 9.96. The number of hydrogen-bond acceptors (Lipinski definition) is 10. The Balaban J connectivity index is 0.000000155. The second kappa shape index (κ2) is 32.3. The van der Waals surface area contributed by atoms with Gasteiger partial charge in [-0.25, -0.2) is 29.9 Å². The van der Waals surface area contributed by atoms with E-state index in [1.807, 2.05) is 146 Å². The molecule has 0 saturated heterocycles. The van der Waals surface area contributed by atoms with Crippen LogP contribution in [0.5, 0.6) is 0 Å². The molecule has 0 saturated carbocycles. The number of benzene rings is 12. The minimum atomic E-state index is 0.707. The molecule has 10 nitrogen and oxygen atoms in total. The Bertz CT molecular complexity index is 6720. The molecule has 116 heavy (non-hydrogen) atoms. The van der Waals surface area contributed by atoms with Gasteiger partial charge in [0.1, 0.15) is 0 Å². The maximum atomic E-state index is 5.06. The molecule has 544 valence electrons. The van der Waals surface area contributed by atoms with Gasteiger partial charge in [-0.3, -0.25) is 19.9 Å². The standard InChI is InChI=1S/2C53H35N5/c1-3-13-40(14-4-1)49-34-50(58-53(57-49)42-15-5-2-6-16-42)41-27-25-37(26-28-41)36-21-23-38(24-22-36)43-29-30-48(55-35-43)52-33-44(32-51(56-52)47-20-9-10-31-54-47)46-19-11-17-39-12-7-8-18-45(39)46;1-3-12-40(13-4-1)49-34-50(58-53(57-49)42-14-5-2-6-15-42)41-25-22-38(23-26-41)37-18-20-39(21-19-37)45-28-29-48(55-35-45)52-33-46(32-51(56-52)47-17-9-10-30-54-47)44-27-24-36-11-7-8-16-43(36)31-44/h2*1-35H. The van der Waals surface area contributed by atoms with Crippen LogP contribution in [0.15, 0.2) is 425 Å². The van der Waals surface area contributed by atoms with Crippen LogP contribution in [-0.4, -0.2) is 49.8 Å². The highest BCUT2D eigenvalue weighted by molar-refractivity contribution is 5.98. The third-order valence-corrected chi connectivity index (χ3v) is 20.9. The van der Waals surface area contributed by atoms with Gasteiger partial charge in [-0.2, -0.15) is 0 Å². The molecule has 0 aliphatic rings. The number of fused-ring (bicyclic) bond motifs is 2. The minimum absolute atomic E-state index is 0.707. The van der Waals surface area contributed by atoms with E-state index in [0.717, 1.165) is 168 Å². The number of hydrogen-bond donors (Lipinski definition) is 0. The van der Waals surface area contributed by atoms with Crippen LogP contribution < -0.4 is 0 Å². The van der Waals surface area contributed by atoms with E-state index in [2.05, 4.69) is 277 Å². The van der Waals surface area contributed by atoms with Gasteiger partial charge < -0.3 is 0 Å². The van der Waals surface area contributed by atoms with Crippen LogP contribution in [0.2, 0.25) is 0 Å². The van der Waals surface area contributed by atoms with E-state index in [4.69, 9.17) is 39.9 Å². The van der Waals surface area contributed by atoms with Gasteiger partial charge in [-0.1, -0.05) is 322 Å². The van der Waals surface area contributed by atoms with Crippen molar-refractivity contribution in [2.45, 2.75) is 0 Å². The highest BCUT2D eigenvalue weighted by Gasteiger charge is 2.18. The van der Waals surface area contributed by atoms with Gasteiger partial charge in [-0.05, 0) is 156 Å². The van der Waals surface area contributed by atoms with Crippen LogP contribution in [0.4, 0.5) is 0 Å². The van der Waals surface area contributed by atoms with Crippen molar-refractivity contribution in [2.24, 2.45) is 0 Å². The van der Waals surface area contributed by atoms with Gasteiger partial charge in [0.15, 0.2) is 11.6 Å². The summed E-state index contributed by atoms with van der Waals surface area (Å²) >= 11 is 0. The second-order valence-corrected chi connectivity index (χ2v) is 28.3. The van der Waals surface area contributed by atoms with Crippen molar-refractivity contribution in [3.63, 3.8) is 0 Å². The van der Waals surface area contributed by atoms with Crippen molar-refractivity contribution in [3.8, 4) is 180 Å². The summed E-state index contributed by atoms with van der Waals surface area (Å²) in [5.41, 5.74) is 29.4. The van der Waals surface area contributed by atoms with Gasteiger partial charge in [0.25, 0.3) is 0 Å². The minimum Gasteiger partial charge on any atom is -0.255 e. The first-order valence-electron chi connectivity index (χ1n) is 38.6. The summed E-state index contributed by atoms with van der Waals surface area (Å²) in [7, 11) is 0. The first-order chi connectivity index (χ1) is 57.4. The van der Waals surface area contributed by atoms with E-state index < -0.39 is 0 Å². The van der Waals surface area contributed by atoms with Crippen molar-refractivity contribution >= 4 is 21.5 Å². The average Bonchev–Trinajstić information content (AvgIpc) is 0.782. The Morgan fingerprint density at radius 1 is 0.138 bits per heavy atom. The van der Waals surface area contributed by atoms with Gasteiger partial charge in [0.2, 0.25) is 0 Å². The quantitative estimate of drug-likeness (QED) is 0.0922. The lowest BCUT2D eigenvalue weighted by molar-refractivity contribution is 1.18. The first-order valence-corrected chi connectivity index (χ1v) is 38.6. The molecular formula is C106H70N10. The smallest absolute Gasteiger partial charge is 0.160 e. The molecule has 12 aromatic carbocycles. The topological polar surface area (TPSA) is 129 Å². The molecule has 20 aromatic rings. The van der Waals surface area contributed by atoms with Crippen LogP contribution >= 0.6 is 0 Å². The Morgan fingerprint density at radius 2 is 0.457 bits per heavy atom. The Kier molecular flexibility index (Phi) is 19.6. The fraction of sp³-hybridized carbons (Fsp3) is 0. The third kappa shape index (κ3) is 15.4. The van der Waals surface area contributed by atoms with E-state index in [1.165, 1.54) is 21.5 Å². The molecule has 20 rings (SSSR count). The first kappa shape index (κ1) is 70.6. The maximum absolute atomic E-state index is 5.06. The zero-order chi connectivity index (χ0) is 77.4. The van der Waals surface area contributed by atoms with Gasteiger partial charge in [-0.15, -0.1) is 0 Å². The lowest BCUT2D eigenvalue weighted by Gasteiger charge is -2.12. The summed E-state index contributed by atoms with van der Waals surface area (Å²) in [6, 6.07) is 138. The van der Waals surface area contributed by atoms with E-state index in [-0.39, 0.29) is 0 Å². The van der Waals surface area contributed by atoms with Gasteiger partial charge in [0.05, 0.1) is 68.3 Å². The normalized spacial score (nSPS) is 11.1. The summed E-state index contributed by atoms with van der Waals surface area (Å²) in [5, 5.41) is 4.79. The monoisotopic (exact) mass is 1480 g/mol. The van der Waals surface area contributed by atoms with E-state index in [9.17, 15) is 0 Å². The molecule has 0 aliphatic carbocycles. The summed E-state index contributed by atoms with van der Waals surface area (Å²) in [4.78, 5) is 49.0. The molecule has 0 fully saturated rings. The van der Waals surface area contributed by atoms with Crippen LogP contribution in [0.1, 0.15) is 0 Å². The molecule has 0 aliphatic heterocycles. The summed E-state index contributed by atoms with van der Waals surface area (Å²) in [5.74, 6) is 1.42. The lowest BCUT2D eigenvalue weighted by Crippen LogP contribution is -1.95. The predicted molar refractivity (Wildman–Crippen MR) is 473 cm³/mol. The highest BCUT2D eigenvalue weighted by atomic mass is 14.9. The Morgan fingerprint density at radius 3 is 0.862 bits per heavy atom. The van der Waals surface area contributed by atoms with Crippen LogP contribution in [0, 0.1) is 0 Å². The van der Waals surface area contributed by atoms with Gasteiger partial charge >= 0.3 is 0 Å². The molecule has 0 unspecified atom stereocenters. The maximum Gasteiger partial charge on any atom is 0.160 e. The van der Waals surface area contributed by atoms with Crippen LogP contribution in [-0.2, 0) is 0 Å². The molecule has 0 radical (unpaired) electrons. The fourth-order valence-electron chi connectivity index (χ4n) is 14.7. The molecule has 0 spiro atoms. The Hall–Kier alpha value is -15.8. The fourth-order valence-corrected chi connectivity index (χ4v) is 14.7. The SMILES string of the molecule is c1ccc(-c2cc(-c3ccc(-c4ccc(-c5ccc(-c6cc(-c7ccc8ccccc8c7)cc(-c7ccccn7)n6)nc5)cc4)cc3)nc(-c3ccccc3)n2)cc1.c1ccc(-c2cc(-c3ccc(-c4ccc(-c5ccc(-c6cc(-c7cccc8ccccc78)cc(-c7ccccn7)n6)nc5)cc4)cc3)nc(-c3ccccc3)n2)cc1. The summed E-state index contributed by atoms with van der Waals surface area (Å²) < 4.78 is 0. The van der Waals surface area contributed by atoms with Crippen molar-refractivity contribution in [3.05, 3.63) is 425 Å². The zero-order valence-electron chi connectivity index (χ0n) is 62.9. The number of nitrogens with zero attached hydrogens (tertiary/aromatic N) is 10. The predicted octanol–water partition coefficient (Wildman–Crippen LogP) is 26.3. The molecule has 0 N–H and O–H groups in total. The van der Waals surface area contributed by atoms with Crippen molar-refractivity contribution < 1.29 is 0 Å². The zero-order valence-corrected chi connectivity index (χ0v) is 62.9. The molecule has 8 heterocycles. The van der Waals surface area contributed by atoms with Crippen LogP contribution in [0.3, 0.4) is 0 Å². The molecule has 10 heteroatoms. The van der Waals surface area contributed by atoms with Crippen molar-refractivity contribution in [1.29, 1.82) is 0 Å².